The lowest BCUT2D eigenvalue weighted by atomic mass is 10.1. The van der Waals surface area contributed by atoms with Crippen LogP contribution in [0.3, 0.4) is 0 Å². The Labute approximate surface area is 121 Å². The number of carboxylic acid groups (broad SMARTS) is 1. The maximum atomic E-state index is 11.9. The van der Waals surface area contributed by atoms with Gasteiger partial charge in [-0.3, -0.25) is 4.79 Å². The number of amides is 1. The highest BCUT2D eigenvalue weighted by molar-refractivity contribution is 5.92. The van der Waals surface area contributed by atoms with Gasteiger partial charge in [-0.05, 0) is 17.7 Å². The predicted molar refractivity (Wildman–Crippen MR) is 75.2 cm³/mol. The third kappa shape index (κ3) is 3.68. The van der Waals surface area contributed by atoms with Gasteiger partial charge in [-0.2, -0.15) is 0 Å². The van der Waals surface area contributed by atoms with E-state index in [0.29, 0.717) is 12.3 Å². The third-order valence-electron chi connectivity index (χ3n) is 2.98. The van der Waals surface area contributed by atoms with E-state index in [1.54, 1.807) is 18.2 Å². The Morgan fingerprint density at radius 1 is 1.29 bits per heavy atom. The van der Waals surface area contributed by atoms with Crippen molar-refractivity contribution in [3.63, 3.8) is 0 Å². The van der Waals surface area contributed by atoms with Gasteiger partial charge in [-0.25, -0.2) is 4.79 Å². The SMILES string of the molecule is CC(C)c1cc(C(=O)NCc2ccc(C(=O)O)cc2)no1. The molecule has 2 N–H and O–H groups in total. The van der Waals surface area contributed by atoms with E-state index >= 15 is 0 Å². The average Bonchev–Trinajstić information content (AvgIpc) is 2.95. The van der Waals surface area contributed by atoms with Gasteiger partial charge in [0.25, 0.3) is 5.91 Å². The van der Waals surface area contributed by atoms with Gasteiger partial charge in [0.1, 0.15) is 5.76 Å². The largest absolute Gasteiger partial charge is 0.478 e. The summed E-state index contributed by atoms with van der Waals surface area (Å²) in [5.41, 5.74) is 1.25. The molecule has 21 heavy (non-hydrogen) atoms. The van der Waals surface area contributed by atoms with E-state index in [2.05, 4.69) is 10.5 Å². The summed E-state index contributed by atoms with van der Waals surface area (Å²) in [5.74, 6) is -0.476. The maximum Gasteiger partial charge on any atom is 0.335 e. The number of hydrogen-bond donors (Lipinski definition) is 2. The zero-order valence-corrected chi connectivity index (χ0v) is 11.8. The molecule has 0 atom stereocenters. The van der Waals surface area contributed by atoms with Gasteiger partial charge in [0, 0.05) is 18.5 Å². The van der Waals surface area contributed by atoms with Crippen LogP contribution in [-0.2, 0) is 6.54 Å². The molecule has 0 saturated heterocycles. The normalized spacial score (nSPS) is 10.6. The number of aromatic nitrogens is 1. The number of nitrogens with zero attached hydrogens (tertiary/aromatic N) is 1. The van der Waals surface area contributed by atoms with Crippen molar-refractivity contribution >= 4 is 11.9 Å². The summed E-state index contributed by atoms with van der Waals surface area (Å²) >= 11 is 0. The van der Waals surface area contributed by atoms with Crippen LogP contribution < -0.4 is 5.32 Å². The number of nitrogens with one attached hydrogen (secondary N) is 1. The first-order valence-electron chi connectivity index (χ1n) is 6.54. The molecule has 0 aliphatic heterocycles. The van der Waals surface area contributed by atoms with E-state index in [1.807, 2.05) is 13.8 Å². The van der Waals surface area contributed by atoms with Gasteiger partial charge >= 0.3 is 5.97 Å². The lowest BCUT2D eigenvalue weighted by molar-refractivity contribution is 0.0696. The van der Waals surface area contributed by atoms with Crippen molar-refractivity contribution in [3.8, 4) is 0 Å². The minimum Gasteiger partial charge on any atom is -0.478 e. The molecule has 0 aliphatic carbocycles. The summed E-state index contributed by atoms with van der Waals surface area (Å²) in [4.78, 5) is 22.6. The average molecular weight is 288 g/mol. The summed E-state index contributed by atoms with van der Waals surface area (Å²) in [6.45, 7) is 4.20. The van der Waals surface area contributed by atoms with Crippen LogP contribution in [0, 0.1) is 0 Å². The van der Waals surface area contributed by atoms with Crippen LogP contribution in [0.15, 0.2) is 34.9 Å². The maximum absolute atomic E-state index is 11.9. The first-order chi connectivity index (χ1) is 9.97. The number of carbonyl (C=O) groups is 2. The summed E-state index contributed by atoms with van der Waals surface area (Å²) in [7, 11) is 0. The summed E-state index contributed by atoms with van der Waals surface area (Å²) in [5, 5.41) is 15.2. The highest BCUT2D eigenvalue weighted by Crippen LogP contribution is 2.15. The number of aromatic carboxylic acids is 1. The quantitative estimate of drug-likeness (QED) is 0.881. The molecule has 0 aliphatic rings. The molecule has 0 spiro atoms. The van der Waals surface area contributed by atoms with E-state index < -0.39 is 5.97 Å². The minimum absolute atomic E-state index is 0.169. The van der Waals surface area contributed by atoms with Crippen LogP contribution in [-0.4, -0.2) is 22.1 Å². The second kappa shape index (κ2) is 6.21. The second-order valence-electron chi connectivity index (χ2n) is 4.95. The first-order valence-corrected chi connectivity index (χ1v) is 6.54. The lowest BCUT2D eigenvalue weighted by Crippen LogP contribution is -2.23. The molecule has 1 aromatic heterocycles. The van der Waals surface area contributed by atoms with E-state index in [1.165, 1.54) is 12.1 Å². The predicted octanol–water partition coefficient (Wildman–Crippen LogP) is 2.43. The van der Waals surface area contributed by atoms with Gasteiger partial charge < -0.3 is 14.9 Å². The second-order valence-corrected chi connectivity index (χ2v) is 4.95. The fourth-order valence-corrected chi connectivity index (χ4v) is 1.71. The molecule has 1 heterocycles. The van der Waals surface area contributed by atoms with E-state index in [4.69, 9.17) is 9.63 Å². The summed E-state index contributed by atoms with van der Waals surface area (Å²) in [6.07, 6.45) is 0. The molecular weight excluding hydrogens is 272 g/mol. The van der Waals surface area contributed by atoms with Crippen molar-refractivity contribution in [2.24, 2.45) is 0 Å². The van der Waals surface area contributed by atoms with Crippen LogP contribution >= 0.6 is 0 Å². The van der Waals surface area contributed by atoms with Gasteiger partial charge in [0.2, 0.25) is 0 Å². The molecule has 1 aromatic carbocycles. The Balaban J connectivity index is 1.95. The van der Waals surface area contributed by atoms with Crippen molar-refractivity contribution in [2.75, 3.05) is 0 Å². The number of hydrogen-bond acceptors (Lipinski definition) is 4. The van der Waals surface area contributed by atoms with E-state index in [0.717, 1.165) is 5.56 Å². The molecular formula is C15H16N2O4. The highest BCUT2D eigenvalue weighted by atomic mass is 16.5. The molecule has 0 fully saturated rings. The van der Waals surface area contributed by atoms with Crippen LogP contribution in [0.5, 0.6) is 0 Å². The minimum atomic E-state index is -0.977. The Morgan fingerprint density at radius 2 is 1.95 bits per heavy atom. The first kappa shape index (κ1) is 14.8. The Kier molecular flexibility index (Phi) is 4.37. The van der Waals surface area contributed by atoms with Crippen molar-refractivity contribution in [2.45, 2.75) is 26.3 Å². The van der Waals surface area contributed by atoms with Crippen LogP contribution in [0.1, 0.15) is 51.9 Å². The van der Waals surface area contributed by atoms with Crippen molar-refractivity contribution < 1.29 is 19.2 Å². The summed E-state index contributed by atoms with van der Waals surface area (Å²) < 4.78 is 5.07. The van der Waals surface area contributed by atoms with Crippen LogP contribution in [0.25, 0.3) is 0 Å². The molecule has 0 saturated carbocycles. The van der Waals surface area contributed by atoms with Crippen molar-refractivity contribution in [1.82, 2.24) is 10.5 Å². The number of carboxylic acids is 1. The topological polar surface area (TPSA) is 92.4 Å². The smallest absolute Gasteiger partial charge is 0.335 e. The van der Waals surface area contributed by atoms with Gasteiger partial charge in [-0.15, -0.1) is 0 Å². The molecule has 110 valence electrons. The summed E-state index contributed by atoms with van der Waals surface area (Å²) in [6, 6.07) is 7.93. The Morgan fingerprint density at radius 3 is 2.48 bits per heavy atom. The molecule has 2 aromatic rings. The van der Waals surface area contributed by atoms with Crippen LogP contribution in [0.2, 0.25) is 0 Å². The number of benzene rings is 1. The number of carbonyl (C=O) groups excluding carboxylic acids is 1. The fraction of sp³-hybridized carbons (Fsp3) is 0.267. The molecule has 0 bridgehead atoms. The van der Waals surface area contributed by atoms with Crippen LogP contribution in [0.4, 0.5) is 0 Å². The standard InChI is InChI=1S/C15H16N2O4/c1-9(2)13-7-12(17-21-13)14(18)16-8-10-3-5-11(6-4-10)15(19)20/h3-7,9H,8H2,1-2H3,(H,16,18)(H,19,20). The van der Waals surface area contributed by atoms with Gasteiger partial charge in [0.05, 0.1) is 5.56 Å². The fourth-order valence-electron chi connectivity index (χ4n) is 1.71. The lowest BCUT2D eigenvalue weighted by Gasteiger charge is -2.03. The molecule has 0 unspecified atom stereocenters. The Hall–Kier alpha value is -2.63. The van der Waals surface area contributed by atoms with Crippen molar-refractivity contribution in [1.29, 1.82) is 0 Å². The monoisotopic (exact) mass is 288 g/mol. The van der Waals surface area contributed by atoms with E-state index in [9.17, 15) is 9.59 Å². The highest BCUT2D eigenvalue weighted by Gasteiger charge is 2.14. The molecule has 6 heteroatoms. The molecule has 6 nitrogen and oxygen atoms in total. The zero-order valence-electron chi connectivity index (χ0n) is 11.8. The number of rotatable bonds is 5. The molecule has 2 rings (SSSR count). The van der Waals surface area contributed by atoms with Gasteiger partial charge in [0.15, 0.2) is 5.69 Å². The third-order valence-corrected chi connectivity index (χ3v) is 2.98. The van der Waals surface area contributed by atoms with Crippen molar-refractivity contribution in [3.05, 3.63) is 52.9 Å². The molecule has 0 radical (unpaired) electrons. The van der Waals surface area contributed by atoms with Gasteiger partial charge in [-0.1, -0.05) is 31.1 Å². The van der Waals surface area contributed by atoms with E-state index in [-0.39, 0.29) is 23.1 Å². The Bertz CT molecular complexity index is 644. The molecule has 1 amide bonds. The zero-order chi connectivity index (χ0) is 15.4.